The third-order valence-electron chi connectivity index (χ3n) is 3.54. The molecular weight excluding hydrogens is 348 g/mol. The summed E-state index contributed by atoms with van der Waals surface area (Å²) in [5, 5.41) is 23.4. The van der Waals surface area contributed by atoms with E-state index in [1.807, 2.05) is 14.1 Å². The predicted octanol–water partition coefficient (Wildman–Crippen LogP) is 1.81. The molecule has 0 aromatic heterocycles. The summed E-state index contributed by atoms with van der Waals surface area (Å²) >= 11 is 0. The Kier molecular flexibility index (Phi) is 13.0. The molecule has 0 aliphatic heterocycles. The van der Waals surface area contributed by atoms with Gasteiger partial charge in [0, 0.05) is 6.54 Å². The minimum atomic E-state index is -0.250. The second-order valence-corrected chi connectivity index (χ2v) is 5.83. The van der Waals surface area contributed by atoms with Gasteiger partial charge in [0.2, 0.25) is 0 Å². The summed E-state index contributed by atoms with van der Waals surface area (Å²) in [6.45, 7) is 1.10. The monoisotopic (exact) mass is 376 g/mol. The number of carboxylic acid groups (broad SMARTS) is 2. The quantitative estimate of drug-likeness (QED) is 0.567. The van der Waals surface area contributed by atoms with Gasteiger partial charge in [-0.25, -0.2) is 0 Å². The molecule has 0 spiro atoms. The van der Waals surface area contributed by atoms with Crippen molar-refractivity contribution in [1.82, 2.24) is 4.90 Å². The molecule has 0 amide bonds. The van der Waals surface area contributed by atoms with E-state index in [9.17, 15) is 5.11 Å². The van der Waals surface area contributed by atoms with Crippen molar-refractivity contribution in [2.45, 2.75) is 19.6 Å². The average Bonchev–Trinajstić information content (AvgIpc) is 2.63. The van der Waals surface area contributed by atoms with E-state index in [2.05, 4.69) is 47.4 Å². The SMILES string of the molecule is CN(C)Cc1ccc(-c2ccc(CCN)cc2)c(CO)c1.O=CO.O=CO. The molecule has 0 aliphatic rings. The molecule has 2 aromatic rings. The van der Waals surface area contributed by atoms with Crippen LogP contribution in [0.5, 0.6) is 0 Å². The first kappa shape index (κ1) is 24.3. The highest BCUT2D eigenvalue weighted by atomic mass is 16.3. The molecule has 2 rings (SSSR count). The number of nitrogens with zero attached hydrogens (tertiary/aromatic N) is 1. The van der Waals surface area contributed by atoms with Gasteiger partial charge in [-0.1, -0.05) is 42.5 Å². The van der Waals surface area contributed by atoms with Crippen LogP contribution in [0.3, 0.4) is 0 Å². The van der Waals surface area contributed by atoms with Gasteiger partial charge in [0.15, 0.2) is 0 Å². The van der Waals surface area contributed by atoms with Gasteiger partial charge in [-0.15, -0.1) is 0 Å². The topological polar surface area (TPSA) is 124 Å². The second kappa shape index (κ2) is 14.4. The molecule has 0 heterocycles. The highest BCUT2D eigenvalue weighted by molar-refractivity contribution is 5.68. The maximum Gasteiger partial charge on any atom is 0.290 e. The van der Waals surface area contributed by atoms with Gasteiger partial charge < -0.3 is 26.0 Å². The lowest BCUT2D eigenvalue weighted by Crippen LogP contribution is -2.11. The molecule has 27 heavy (non-hydrogen) atoms. The fourth-order valence-electron chi connectivity index (χ4n) is 2.54. The molecule has 0 bridgehead atoms. The lowest BCUT2D eigenvalue weighted by Gasteiger charge is -2.14. The number of rotatable bonds is 6. The molecule has 2 aromatic carbocycles. The van der Waals surface area contributed by atoms with Crippen molar-refractivity contribution in [2.75, 3.05) is 20.6 Å². The highest BCUT2D eigenvalue weighted by Crippen LogP contribution is 2.26. The number of hydrogen-bond acceptors (Lipinski definition) is 5. The van der Waals surface area contributed by atoms with E-state index in [0.29, 0.717) is 6.54 Å². The Bertz CT molecular complexity index is 667. The van der Waals surface area contributed by atoms with Gasteiger partial charge in [0.25, 0.3) is 12.9 Å². The van der Waals surface area contributed by atoms with Gasteiger partial charge in [-0.2, -0.15) is 0 Å². The van der Waals surface area contributed by atoms with Gasteiger partial charge in [-0.3, -0.25) is 9.59 Å². The van der Waals surface area contributed by atoms with E-state index in [1.54, 1.807) is 0 Å². The van der Waals surface area contributed by atoms with Crippen LogP contribution in [0.1, 0.15) is 16.7 Å². The number of carbonyl (C=O) groups is 2. The van der Waals surface area contributed by atoms with E-state index in [0.717, 1.165) is 29.7 Å². The standard InChI is InChI=1S/C18H24N2O.2CH2O2/c1-20(2)12-15-5-8-18(17(11-15)13-21)16-6-3-14(4-7-16)9-10-19;2*2-1-3/h3-8,11,21H,9-10,12-13,19H2,1-2H3;2*1H,(H,2,3). The normalized spacial score (nSPS) is 9.52. The number of benzene rings is 2. The number of aliphatic hydroxyl groups is 1. The number of hydrogen-bond donors (Lipinski definition) is 4. The van der Waals surface area contributed by atoms with Crippen molar-refractivity contribution in [3.63, 3.8) is 0 Å². The van der Waals surface area contributed by atoms with Crippen molar-refractivity contribution in [2.24, 2.45) is 5.73 Å². The van der Waals surface area contributed by atoms with Crippen molar-refractivity contribution < 1.29 is 24.9 Å². The van der Waals surface area contributed by atoms with Crippen LogP contribution in [0, 0.1) is 0 Å². The predicted molar refractivity (Wildman–Crippen MR) is 105 cm³/mol. The number of aliphatic hydroxyl groups excluding tert-OH is 1. The summed E-state index contributed by atoms with van der Waals surface area (Å²) in [5.74, 6) is 0. The van der Waals surface area contributed by atoms with Crippen LogP contribution >= 0.6 is 0 Å². The van der Waals surface area contributed by atoms with Crippen molar-refractivity contribution in [3.8, 4) is 11.1 Å². The first-order valence-electron chi connectivity index (χ1n) is 8.29. The third kappa shape index (κ3) is 9.50. The van der Waals surface area contributed by atoms with Crippen molar-refractivity contribution >= 4 is 12.9 Å². The van der Waals surface area contributed by atoms with Gasteiger partial charge in [0.05, 0.1) is 6.61 Å². The lowest BCUT2D eigenvalue weighted by atomic mass is 9.96. The Morgan fingerprint density at radius 3 is 1.93 bits per heavy atom. The maximum atomic E-state index is 9.65. The zero-order chi connectivity index (χ0) is 20.7. The Balaban J connectivity index is 0.000000997. The molecule has 0 saturated carbocycles. The van der Waals surface area contributed by atoms with E-state index in [1.165, 1.54) is 11.1 Å². The van der Waals surface area contributed by atoms with Crippen LogP contribution in [0.25, 0.3) is 11.1 Å². The van der Waals surface area contributed by atoms with E-state index in [4.69, 9.17) is 25.5 Å². The summed E-state index contributed by atoms with van der Waals surface area (Å²) < 4.78 is 0. The van der Waals surface area contributed by atoms with E-state index in [-0.39, 0.29) is 19.6 Å². The van der Waals surface area contributed by atoms with Gasteiger partial charge in [-0.05, 0) is 54.9 Å². The van der Waals surface area contributed by atoms with Crippen molar-refractivity contribution in [1.29, 1.82) is 0 Å². The van der Waals surface area contributed by atoms with Gasteiger partial charge >= 0.3 is 0 Å². The zero-order valence-electron chi connectivity index (χ0n) is 15.7. The molecule has 7 heteroatoms. The van der Waals surface area contributed by atoms with Crippen LogP contribution in [0.4, 0.5) is 0 Å². The first-order chi connectivity index (χ1) is 13.0. The van der Waals surface area contributed by atoms with Crippen LogP contribution in [0.2, 0.25) is 0 Å². The van der Waals surface area contributed by atoms with Crippen molar-refractivity contribution in [3.05, 3.63) is 59.2 Å². The lowest BCUT2D eigenvalue weighted by molar-refractivity contribution is -0.123. The fraction of sp³-hybridized carbons (Fsp3) is 0.300. The molecular formula is C20H28N2O5. The molecule has 0 aliphatic carbocycles. The third-order valence-corrected chi connectivity index (χ3v) is 3.54. The maximum absolute atomic E-state index is 9.65. The zero-order valence-corrected chi connectivity index (χ0v) is 15.7. The van der Waals surface area contributed by atoms with Crippen LogP contribution < -0.4 is 5.73 Å². The molecule has 7 nitrogen and oxygen atoms in total. The summed E-state index contributed by atoms with van der Waals surface area (Å²) in [6.07, 6.45) is 0.898. The summed E-state index contributed by atoms with van der Waals surface area (Å²) in [5.41, 5.74) is 11.2. The molecule has 0 radical (unpaired) electrons. The average molecular weight is 376 g/mol. The second-order valence-electron chi connectivity index (χ2n) is 5.83. The van der Waals surface area contributed by atoms with Gasteiger partial charge in [0.1, 0.15) is 0 Å². The highest BCUT2D eigenvalue weighted by Gasteiger charge is 2.06. The Morgan fingerprint density at radius 1 is 0.963 bits per heavy atom. The van der Waals surface area contributed by atoms with Crippen LogP contribution in [-0.2, 0) is 29.2 Å². The Labute approximate surface area is 159 Å². The Morgan fingerprint density at radius 2 is 1.48 bits per heavy atom. The molecule has 5 N–H and O–H groups in total. The van der Waals surface area contributed by atoms with E-state index >= 15 is 0 Å². The van der Waals surface area contributed by atoms with Crippen LogP contribution in [0.15, 0.2) is 42.5 Å². The van der Waals surface area contributed by atoms with E-state index < -0.39 is 0 Å². The minimum Gasteiger partial charge on any atom is -0.483 e. The summed E-state index contributed by atoms with van der Waals surface area (Å²) in [4.78, 5) is 18.8. The molecule has 0 fully saturated rings. The minimum absolute atomic E-state index is 0.0567. The first-order valence-corrected chi connectivity index (χ1v) is 8.29. The molecule has 0 saturated heterocycles. The van der Waals surface area contributed by atoms with Crippen LogP contribution in [-0.4, -0.2) is 53.8 Å². The fourth-order valence-corrected chi connectivity index (χ4v) is 2.54. The smallest absolute Gasteiger partial charge is 0.290 e. The molecule has 148 valence electrons. The molecule has 0 unspecified atom stereocenters. The number of nitrogens with two attached hydrogens (primary N) is 1. The Hall–Kier alpha value is -2.74. The molecule has 0 atom stereocenters. The summed E-state index contributed by atoms with van der Waals surface area (Å²) in [7, 11) is 4.09. The summed E-state index contributed by atoms with van der Waals surface area (Å²) in [6, 6.07) is 14.7. The largest absolute Gasteiger partial charge is 0.483 e.